The number of thiazole rings is 1. The lowest BCUT2D eigenvalue weighted by molar-refractivity contribution is 1.05. The zero-order chi connectivity index (χ0) is 13.9. The van der Waals surface area contributed by atoms with Crippen molar-refractivity contribution in [3.8, 4) is 0 Å². The minimum atomic E-state index is 0.667. The quantitative estimate of drug-likeness (QED) is 0.755. The SMILES string of the molecule is CCNc1nc(NCc2nc(C)cs2)c2ccsc2n1. The summed E-state index contributed by atoms with van der Waals surface area (Å²) in [4.78, 5) is 14.5. The van der Waals surface area contributed by atoms with Crippen LogP contribution in [-0.4, -0.2) is 21.5 Å². The number of aryl methyl sites for hydroxylation is 1. The Labute approximate surface area is 125 Å². The second kappa shape index (κ2) is 5.72. The van der Waals surface area contributed by atoms with Gasteiger partial charge >= 0.3 is 0 Å². The molecular weight excluding hydrogens is 290 g/mol. The fraction of sp³-hybridized carbons (Fsp3) is 0.308. The van der Waals surface area contributed by atoms with E-state index < -0.39 is 0 Å². The molecule has 0 aliphatic rings. The van der Waals surface area contributed by atoms with Gasteiger partial charge in [-0.05, 0) is 25.3 Å². The number of aromatic nitrogens is 3. The Hall–Kier alpha value is -1.73. The van der Waals surface area contributed by atoms with Crippen molar-refractivity contribution in [1.82, 2.24) is 15.0 Å². The number of hydrogen-bond donors (Lipinski definition) is 2. The second-order valence-corrected chi connectivity index (χ2v) is 6.14. The van der Waals surface area contributed by atoms with Crippen LogP contribution in [0.5, 0.6) is 0 Å². The van der Waals surface area contributed by atoms with Crippen LogP contribution in [0.1, 0.15) is 17.6 Å². The second-order valence-electron chi connectivity index (χ2n) is 4.30. The molecule has 0 unspecified atom stereocenters. The molecule has 0 bridgehead atoms. The summed E-state index contributed by atoms with van der Waals surface area (Å²) in [6.45, 7) is 5.53. The van der Waals surface area contributed by atoms with Gasteiger partial charge in [0.05, 0.1) is 11.9 Å². The molecule has 0 aliphatic carbocycles. The van der Waals surface area contributed by atoms with Gasteiger partial charge in [-0.2, -0.15) is 4.98 Å². The lowest BCUT2D eigenvalue weighted by Crippen LogP contribution is -2.06. The van der Waals surface area contributed by atoms with E-state index >= 15 is 0 Å². The first-order chi connectivity index (χ1) is 9.76. The minimum Gasteiger partial charge on any atom is -0.363 e. The molecule has 104 valence electrons. The van der Waals surface area contributed by atoms with Crippen LogP contribution in [0, 0.1) is 6.92 Å². The lowest BCUT2D eigenvalue weighted by atomic mass is 10.4. The van der Waals surface area contributed by atoms with Crippen LogP contribution < -0.4 is 10.6 Å². The van der Waals surface area contributed by atoms with E-state index in [1.807, 2.05) is 25.3 Å². The van der Waals surface area contributed by atoms with Crippen molar-refractivity contribution in [2.75, 3.05) is 17.2 Å². The average molecular weight is 305 g/mol. The van der Waals surface area contributed by atoms with Crippen molar-refractivity contribution in [2.24, 2.45) is 0 Å². The normalized spacial score (nSPS) is 10.9. The van der Waals surface area contributed by atoms with E-state index in [1.165, 1.54) is 0 Å². The van der Waals surface area contributed by atoms with Gasteiger partial charge in [0.25, 0.3) is 0 Å². The molecule has 0 radical (unpaired) electrons. The third kappa shape index (κ3) is 2.73. The van der Waals surface area contributed by atoms with Gasteiger partial charge in [0.2, 0.25) is 5.95 Å². The molecule has 3 aromatic heterocycles. The molecule has 0 amide bonds. The summed E-state index contributed by atoms with van der Waals surface area (Å²) in [5.74, 6) is 1.53. The molecular formula is C13H15N5S2. The third-order valence-corrected chi connectivity index (χ3v) is 4.51. The molecule has 0 saturated carbocycles. The largest absolute Gasteiger partial charge is 0.363 e. The van der Waals surface area contributed by atoms with E-state index in [4.69, 9.17) is 0 Å². The maximum Gasteiger partial charge on any atom is 0.226 e. The van der Waals surface area contributed by atoms with Crippen LogP contribution in [0.4, 0.5) is 11.8 Å². The number of rotatable bonds is 5. The van der Waals surface area contributed by atoms with Gasteiger partial charge in [-0.25, -0.2) is 9.97 Å². The monoisotopic (exact) mass is 305 g/mol. The number of nitrogens with one attached hydrogen (secondary N) is 2. The van der Waals surface area contributed by atoms with Gasteiger partial charge in [-0.1, -0.05) is 0 Å². The molecule has 0 fully saturated rings. The molecule has 7 heteroatoms. The van der Waals surface area contributed by atoms with Crippen LogP contribution in [0.3, 0.4) is 0 Å². The standard InChI is InChI=1S/C13H15N5S2/c1-3-14-13-17-11(9-4-5-19-12(9)18-13)15-6-10-16-8(2)7-20-10/h4-5,7H,3,6H2,1-2H3,(H2,14,15,17,18). The molecule has 0 aromatic carbocycles. The molecule has 5 nitrogen and oxygen atoms in total. The summed E-state index contributed by atoms with van der Waals surface area (Å²) in [5.41, 5.74) is 1.06. The van der Waals surface area contributed by atoms with E-state index in [0.29, 0.717) is 12.5 Å². The van der Waals surface area contributed by atoms with Crippen molar-refractivity contribution in [2.45, 2.75) is 20.4 Å². The third-order valence-electron chi connectivity index (χ3n) is 2.73. The molecule has 2 N–H and O–H groups in total. The van der Waals surface area contributed by atoms with E-state index in [-0.39, 0.29) is 0 Å². The van der Waals surface area contributed by atoms with E-state index in [0.717, 1.165) is 33.3 Å². The summed E-state index contributed by atoms with van der Waals surface area (Å²) in [6.07, 6.45) is 0. The van der Waals surface area contributed by atoms with Crippen LogP contribution in [0.25, 0.3) is 10.2 Å². The maximum atomic E-state index is 4.53. The number of anilines is 2. The Morgan fingerprint density at radius 3 is 2.80 bits per heavy atom. The van der Waals surface area contributed by atoms with Crippen molar-refractivity contribution >= 4 is 44.7 Å². The average Bonchev–Trinajstić information content (AvgIpc) is 3.05. The predicted molar refractivity (Wildman–Crippen MR) is 85.8 cm³/mol. The molecule has 20 heavy (non-hydrogen) atoms. The number of fused-ring (bicyclic) bond motifs is 1. The first-order valence-electron chi connectivity index (χ1n) is 6.40. The van der Waals surface area contributed by atoms with Crippen LogP contribution in [-0.2, 0) is 6.54 Å². The van der Waals surface area contributed by atoms with Gasteiger partial charge in [0, 0.05) is 17.6 Å². The predicted octanol–water partition coefficient (Wildman–Crippen LogP) is 3.50. The zero-order valence-corrected chi connectivity index (χ0v) is 12.9. The minimum absolute atomic E-state index is 0.667. The summed E-state index contributed by atoms with van der Waals surface area (Å²) in [7, 11) is 0. The Bertz CT molecular complexity index is 718. The van der Waals surface area contributed by atoms with Crippen molar-refractivity contribution in [1.29, 1.82) is 0 Å². The highest BCUT2D eigenvalue weighted by Gasteiger charge is 2.09. The fourth-order valence-electron chi connectivity index (χ4n) is 1.87. The van der Waals surface area contributed by atoms with Crippen LogP contribution >= 0.6 is 22.7 Å². The molecule has 0 saturated heterocycles. The zero-order valence-electron chi connectivity index (χ0n) is 11.3. The van der Waals surface area contributed by atoms with Gasteiger partial charge < -0.3 is 10.6 Å². The number of hydrogen-bond acceptors (Lipinski definition) is 7. The van der Waals surface area contributed by atoms with Gasteiger partial charge in [-0.3, -0.25) is 0 Å². The topological polar surface area (TPSA) is 62.7 Å². The summed E-state index contributed by atoms with van der Waals surface area (Å²) < 4.78 is 0. The lowest BCUT2D eigenvalue weighted by Gasteiger charge is -2.08. The van der Waals surface area contributed by atoms with Crippen molar-refractivity contribution in [3.05, 3.63) is 27.5 Å². The van der Waals surface area contributed by atoms with Gasteiger partial charge in [-0.15, -0.1) is 22.7 Å². The van der Waals surface area contributed by atoms with Crippen molar-refractivity contribution < 1.29 is 0 Å². The first-order valence-corrected chi connectivity index (χ1v) is 8.16. The van der Waals surface area contributed by atoms with Gasteiger partial charge in [0.15, 0.2) is 0 Å². The van der Waals surface area contributed by atoms with Crippen molar-refractivity contribution in [3.63, 3.8) is 0 Å². The summed E-state index contributed by atoms with van der Waals surface area (Å²) in [5, 5.41) is 12.7. The smallest absolute Gasteiger partial charge is 0.226 e. The highest BCUT2D eigenvalue weighted by Crippen LogP contribution is 2.27. The van der Waals surface area contributed by atoms with E-state index in [9.17, 15) is 0 Å². The maximum absolute atomic E-state index is 4.53. The highest BCUT2D eigenvalue weighted by atomic mass is 32.1. The number of nitrogens with zero attached hydrogens (tertiary/aromatic N) is 3. The Balaban J connectivity index is 1.87. The molecule has 0 atom stereocenters. The Morgan fingerprint density at radius 2 is 2.05 bits per heavy atom. The summed E-state index contributed by atoms with van der Waals surface area (Å²) >= 11 is 3.28. The fourth-order valence-corrected chi connectivity index (χ4v) is 3.35. The highest BCUT2D eigenvalue weighted by molar-refractivity contribution is 7.16. The van der Waals surface area contributed by atoms with E-state index in [2.05, 4.69) is 31.0 Å². The first kappa shape index (κ1) is 13.3. The molecule has 0 aliphatic heterocycles. The summed E-state index contributed by atoms with van der Waals surface area (Å²) in [6, 6.07) is 2.05. The number of thiophene rings is 1. The van der Waals surface area contributed by atoms with Gasteiger partial charge in [0.1, 0.15) is 15.7 Å². The van der Waals surface area contributed by atoms with Crippen LogP contribution in [0.2, 0.25) is 0 Å². The molecule has 3 rings (SSSR count). The van der Waals surface area contributed by atoms with E-state index in [1.54, 1.807) is 22.7 Å². The molecule has 0 spiro atoms. The Morgan fingerprint density at radius 1 is 1.15 bits per heavy atom. The molecule has 3 heterocycles. The Kier molecular flexibility index (Phi) is 3.79. The van der Waals surface area contributed by atoms with Crippen LogP contribution in [0.15, 0.2) is 16.8 Å². The molecule has 3 aromatic rings.